The van der Waals surface area contributed by atoms with Gasteiger partial charge in [-0.1, -0.05) is 18.2 Å². The maximum absolute atomic E-state index is 12.2. The van der Waals surface area contributed by atoms with Crippen LogP contribution in [-0.4, -0.2) is 16.1 Å². The van der Waals surface area contributed by atoms with Gasteiger partial charge in [0, 0.05) is 10.4 Å². The van der Waals surface area contributed by atoms with Gasteiger partial charge in [-0.2, -0.15) is 0 Å². The molecule has 0 saturated heterocycles. The number of aromatic nitrogens is 2. The molecule has 1 amide bonds. The second kappa shape index (κ2) is 5.96. The number of fused-ring (bicyclic) bond motifs is 1. The molecule has 6 heteroatoms. The lowest BCUT2D eigenvalue weighted by atomic mass is 10.2. The number of benzene rings is 1. The Kier molecular flexibility index (Phi) is 3.67. The fourth-order valence-corrected chi connectivity index (χ4v) is 3.88. The average molecular weight is 325 g/mol. The lowest BCUT2D eigenvalue weighted by molar-refractivity contribution is 0.0951. The summed E-state index contributed by atoms with van der Waals surface area (Å²) in [5, 5.41) is 10.8. The molecule has 0 fully saturated rings. The van der Waals surface area contributed by atoms with Crippen LogP contribution >= 0.6 is 11.3 Å². The van der Waals surface area contributed by atoms with E-state index in [4.69, 9.17) is 4.42 Å². The highest BCUT2D eigenvalue weighted by molar-refractivity contribution is 7.14. The minimum atomic E-state index is -0.0798. The van der Waals surface area contributed by atoms with Crippen molar-refractivity contribution in [3.63, 3.8) is 0 Å². The average Bonchev–Trinajstić information content (AvgIpc) is 3.29. The van der Waals surface area contributed by atoms with Crippen molar-refractivity contribution in [2.24, 2.45) is 0 Å². The maximum atomic E-state index is 12.2. The van der Waals surface area contributed by atoms with E-state index in [0.29, 0.717) is 11.8 Å². The number of thiophene rings is 1. The van der Waals surface area contributed by atoms with Crippen LogP contribution in [0.5, 0.6) is 0 Å². The summed E-state index contributed by atoms with van der Waals surface area (Å²) in [6, 6.07) is 11.6. The molecule has 0 spiro atoms. The van der Waals surface area contributed by atoms with Gasteiger partial charge in [0.05, 0.1) is 11.4 Å². The Morgan fingerprint density at radius 2 is 2.09 bits per heavy atom. The van der Waals surface area contributed by atoms with Gasteiger partial charge in [-0.05, 0) is 43.0 Å². The standard InChI is InChI=1S/C17H15N3O2S/c21-16(14-9-12-7-4-8-13(12)23-14)18-10-15-19-20-17(22-15)11-5-2-1-3-6-11/h1-3,5-6,9H,4,7-8,10H2,(H,18,21). The molecule has 23 heavy (non-hydrogen) atoms. The summed E-state index contributed by atoms with van der Waals surface area (Å²) in [5.74, 6) is 0.787. The number of hydrogen-bond donors (Lipinski definition) is 1. The Balaban J connectivity index is 1.41. The van der Waals surface area contributed by atoms with Crippen molar-refractivity contribution >= 4 is 17.2 Å². The van der Waals surface area contributed by atoms with E-state index >= 15 is 0 Å². The number of rotatable bonds is 4. The molecule has 1 aromatic carbocycles. The molecule has 0 unspecified atom stereocenters. The van der Waals surface area contributed by atoms with Gasteiger partial charge in [0.2, 0.25) is 11.8 Å². The molecule has 116 valence electrons. The molecule has 0 atom stereocenters. The zero-order valence-electron chi connectivity index (χ0n) is 12.4. The van der Waals surface area contributed by atoms with E-state index in [1.54, 1.807) is 11.3 Å². The lowest BCUT2D eigenvalue weighted by Gasteiger charge is -1.99. The Morgan fingerprint density at radius 3 is 2.91 bits per heavy atom. The predicted octanol–water partition coefficient (Wildman–Crippen LogP) is 3.22. The summed E-state index contributed by atoms with van der Waals surface area (Å²) in [4.78, 5) is 14.3. The summed E-state index contributed by atoms with van der Waals surface area (Å²) in [7, 11) is 0. The van der Waals surface area contributed by atoms with Gasteiger partial charge in [0.15, 0.2) is 0 Å². The van der Waals surface area contributed by atoms with E-state index in [1.165, 1.54) is 16.9 Å². The smallest absolute Gasteiger partial charge is 0.261 e. The first-order valence-corrected chi connectivity index (χ1v) is 8.39. The number of nitrogens with zero attached hydrogens (tertiary/aromatic N) is 2. The molecule has 4 rings (SSSR count). The summed E-state index contributed by atoms with van der Waals surface area (Å²) in [6.07, 6.45) is 3.38. The van der Waals surface area contributed by atoms with Crippen molar-refractivity contribution in [1.82, 2.24) is 15.5 Å². The van der Waals surface area contributed by atoms with Crippen LogP contribution in [0.3, 0.4) is 0 Å². The second-order valence-electron chi connectivity index (χ2n) is 5.46. The number of hydrogen-bond acceptors (Lipinski definition) is 5. The van der Waals surface area contributed by atoms with E-state index in [-0.39, 0.29) is 12.5 Å². The third-order valence-corrected chi connectivity index (χ3v) is 5.09. The highest BCUT2D eigenvalue weighted by Crippen LogP contribution is 2.30. The first kappa shape index (κ1) is 14.1. The molecule has 2 heterocycles. The van der Waals surface area contributed by atoms with E-state index in [2.05, 4.69) is 15.5 Å². The Bertz CT molecular complexity index is 817. The fourth-order valence-electron chi connectivity index (χ4n) is 2.71. The fraction of sp³-hybridized carbons (Fsp3) is 0.235. The van der Waals surface area contributed by atoms with Crippen LogP contribution in [0.4, 0.5) is 0 Å². The van der Waals surface area contributed by atoms with Gasteiger partial charge in [-0.25, -0.2) is 0 Å². The highest BCUT2D eigenvalue weighted by atomic mass is 32.1. The third-order valence-electron chi connectivity index (χ3n) is 3.86. The number of nitrogens with one attached hydrogen (secondary N) is 1. The van der Waals surface area contributed by atoms with Crippen LogP contribution in [0.25, 0.3) is 11.5 Å². The molecule has 1 aliphatic rings. The van der Waals surface area contributed by atoms with Crippen molar-refractivity contribution < 1.29 is 9.21 Å². The molecule has 1 aliphatic carbocycles. The molecule has 3 aromatic rings. The van der Waals surface area contributed by atoms with Gasteiger partial charge >= 0.3 is 0 Å². The van der Waals surface area contributed by atoms with E-state index in [1.807, 2.05) is 36.4 Å². The topological polar surface area (TPSA) is 68.0 Å². The van der Waals surface area contributed by atoms with Crippen LogP contribution in [0.15, 0.2) is 40.8 Å². The van der Waals surface area contributed by atoms with Gasteiger partial charge in [0.1, 0.15) is 0 Å². The normalized spacial score (nSPS) is 13.0. The van der Waals surface area contributed by atoms with Crippen molar-refractivity contribution in [1.29, 1.82) is 0 Å². The van der Waals surface area contributed by atoms with E-state index < -0.39 is 0 Å². The number of aryl methyl sites for hydroxylation is 2. The Hall–Kier alpha value is -2.47. The van der Waals surface area contributed by atoms with Gasteiger partial charge < -0.3 is 9.73 Å². The molecule has 0 aliphatic heterocycles. The summed E-state index contributed by atoms with van der Waals surface area (Å²) < 4.78 is 5.58. The highest BCUT2D eigenvalue weighted by Gasteiger charge is 2.18. The summed E-state index contributed by atoms with van der Waals surface area (Å²) >= 11 is 1.59. The molecule has 0 radical (unpaired) electrons. The molecular formula is C17H15N3O2S. The minimum Gasteiger partial charge on any atom is -0.419 e. The van der Waals surface area contributed by atoms with Crippen LogP contribution < -0.4 is 5.32 Å². The third kappa shape index (κ3) is 2.90. The van der Waals surface area contributed by atoms with Crippen molar-refractivity contribution in [3.05, 3.63) is 57.6 Å². The molecule has 0 bridgehead atoms. The quantitative estimate of drug-likeness (QED) is 0.800. The zero-order chi connectivity index (χ0) is 15.6. The largest absolute Gasteiger partial charge is 0.419 e. The van der Waals surface area contributed by atoms with E-state index in [0.717, 1.165) is 23.3 Å². The van der Waals surface area contributed by atoms with Crippen LogP contribution in [-0.2, 0) is 19.4 Å². The lowest BCUT2D eigenvalue weighted by Crippen LogP contribution is -2.22. The predicted molar refractivity (Wildman–Crippen MR) is 87.2 cm³/mol. The molecule has 1 N–H and O–H groups in total. The van der Waals surface area contributed by atoms with E-state index in [9.17, 15) is 4.79 Å². The monoisotopic (exact) mass is 325 g/mol. The minimum absolute atomic E-state index is 0.0798. The van der Waals surface area contributed by atoms with Crippen LogP contribution in [0, 0.1) is 0 Å². The molecule has 5 nitrogen and oxygen atoms in total. The Morgan fingerprint density at radius 1 is 1.22 bits per heavy atom. The SMILES string of the molecule is O=C(NCc1nnc(-c2ccccc2)o1)c1cc2c(s1)CCC2. The van der Waals surface area contributed by atoms with Crippen LogP contribution in [0.1, 0.15) is 32.4 Å². The summed E-state index contributed by atoms with van der Waals surface area (Å²) in [5.41, 5.74) is 2.19. The maximum Gasteiger partial charge on any atom is 0.261 e. The van der Waals surface area contributed by atoms with Crippen molar-refractivity contribution in [2.45, 2.75) is 25.8 Å². The van der Waals surface area contributed by atoms with Gasteiger partial charge in [0.25, 0.3) is 5.91 Å². The van der Waals surface area contributed by atoms with Gasteiger partial charge in [-0.3, -0.25) is 4.79 Å². The number of carbonyl (C=O) groups excluding carboxylic acids is 1. The number of carbonyl (C=O) groups is 1. The molecule has 2 aromatic heterocycles. The second-order valence-corrected chi connectivity index (χ2v) is 6.60. The van der Waals surface area contributed by atoms with Crippen LogP contribution in [0.2, 0.25) is 0 Å². The zero-order valence-corrected chi connectivity index (χ0v) is 13.2. The number of amides is 1. The van der Waals surface area contributed by atoms with Crippen molar-refractivity contribution in [3.8, 4) is 11.5 Å². The van der Waals surface area contributed by atoms with Gasteiger partial charge in [-0.15, -0.1) is 21.5 Å². The summed E-state index contributed by atoms with van der Waals surface area (Å²) in [6.45, 7) is 0.237. The first-order chi connectivity index (χ1) is 11.3. The first-order valence-electron chi connectivity index (χ1n) is 7.57. The molecular weight excluding hydrogens is 310 g/mol. The van der Waals surface area contributed by atoms with Crippen molar-refractivity contribution in [2.75, 3.05) is 0 Å². The molecule has 0 saturated carbocycles. The Labute approximate surface area is 137 Å².